The normalized spacial score (nSPS) is 15.6. The van der Waals surface area contributed by atoms with Crippen molar-refractivity contribution in [1.82, 2.24) is 10.2 Å². The lowest BCUT2D eigenvalue weighted by Gasteiger charge is -2.36. The summed E-state index contributed by atoms with van der Waals surface area (Å²) >= 11 is 6.00. The Morgan fingerprint density at radius 2 is 1.80 bits per heavy atom. The second kappa shape index (κ2) is 7.74. The van der Waals surface area contributed by atoms with Gasteiger partial charge in [0.05, 0.1) is 16.6 Å². The number of carbonyl (C=O) groups is 3. The van der Waals surface area contributed by atoms with E-state index in [1.165, 1.54) is 0 Å². The number of hydrogen-bond acceptors (Lipinski definition) is 3. The van der Waals surface area contributed by atoms with Crippen molar-refractivity contribution in [3.8, 4) is 0 Å². The van der Waals surface area contributed by atoms with Gasteiger partial charge in [0.2, 0.25) is 5.91 Å². The second-order valence-electron chi connectivity index (χ2n) is 6.59. The Bertz CT molecular complexity index is 670. The average Bonchev–Trinajstić information content (AvgIpc) is 2.56. The summed E-state index contributed by atoms with van der Waals surface area (Å²) in [7, 11) is 0. The third kappa shape index (κ3) is 4.85. The minimum Gasteiger partial charge on any atom is -0.481 e. The molecule has 8 heteroatoms. The Labute approximate surface area is 151 Å². The molecule has 1 aromatic rings. The third-order valence-electron chi connectivity index (χ3n) is 4.21. The summed E-state index contributed by atoms with van der Waals surface area (Å²) in [6.07, 6.45) is 0.839. The van der Waals surface area contributed by atoms with Crippen LogP contribution in [0, 0.1) is 5.92 Å². The van der Waals surface area contributed by atoms with E-state index >= 15 is 0 Å². The van der Waals surface area contributed by atoms with Crippen LogP contribution in [0.15, 0.2) is 24.3 Å². The zero-order valence-corrected chi connectivity index (χ0v) is 15.0. The Morgan fingerprint density at radius 1 is 1.20 bits per heavy atom. The van der Waals surface area contributed by atoms with Gasteiger partial charge >= 0.3 is 12.0 Å². The predicted octanol–water partition coefficient (Wildman–Crippen LogP) is 2.56. The molecule has 136 valence electrons. The van der Waals surface area contributed by atoms with Gasteiger partial charge in [0.1, 0.15) is 5.54 Å². The number of nitrogens with zero attached hydrogens (tertiary/aromatic N) is 1. The fraction of sp³-hybridized carbons (Fsp3) is 0.471. The first-order valence-electron chi connectivity index (χ1n) is 8.06. The van der Waals surface area contributed by atoms with Crippen molar-refractivity contribution in [2.24, 2.45) is 5.92 Å². The Balaban J connectivity index is 1.94. The lowest BCUT2D eigenvalue weighted by atomic mass is 9.95. The number of nitrogens with one attached hydrogen (secondary N) is 2. The first-order valence-corrected chi connectivity index (χ1v) is 8.44. The summed E-state index contributed by atoms with van der Waals surface area (Å²) in [5.41, 5.74) is -0.673. The highest BCUT2D eigenvalue weighted by atomic mass is 35.5. The Morgan fingerprint density at radius 3 is 2.36 bits per heavy atom. The number of anilines is 1. The van der Waals surface area contributed by atoms with E-state index in [1.807, 2.05) is 0 Å². The van der Waals surface area contributed by atoms with E-state index in [0.717, 1.165) is 0 Å². The number of para-hydroxylation sites is 1. The van der Waals surface area contributed by atoms with Crippen LogP contribution in [0.5, 0.6) is 0 Å². The molecule has 0 radical (unpaired) electrons. The van der Waals surface area contributed by atoms with E-state index in [9.17, 15) is 14.4 Å². The van der Waals surface area contributed by atoms with Crippen molar-refractivity contribution in [2.75, 3.05) is 18.4 Å². The molecule has 0 aromatic heterocycles. The van der Waals surface area contributed by atoms with Crippen LogP contribution in [0.4, 0.5) is 10.5 Å². The number of hydrogen-bond donors (Lipinski definition) is 3. The van der Waals surface area contributed by atoms with Gasteiger partial charge < -0.3 is 20.6 Å². The van der Waals surface area contributed by atoms with Gasteiger partial charge in [-0.25, -0.2) is 4.79 Å². The zero-order chi connectivity index (χ0) is 18.6. The molecule has 1 fully saturated rings. The molecule has 1 aliphatic rings. The van der Waals surface area contributed by atoms with Gasteiger partial charge in [-0.2, -0.15) is 0 Å². The van der Waals surface area contributed by atoms with Crippen molar-refractivity contribution in [3.05, 3.63) is 29.3 Å². The summed E-state index contributed by atoms with van der Waals surface area (Å²) in [5, 5.41) is 14.7. The van der Waals surface area contributed by atoms with Crippen LogP contribution >= 0.6 is 11.6 Å². The number of amides is 3. The summed E-state index contributed by atoms with van der Waals surface area (Å²) < 4.78 is 0. The fourth-order valence-electron chi connectivity index (χ4n) is 2.78. The first kappa shape index (κ1) is 19.1. The smallest absolute Gasteiger partial charge is 0.320 e. The highest BCUT2D eigenvalue weighted by molar-refractivity contribution is 6.33. The molecule has 2 rings (SSSR count). The molecule has 1 aromatic carbocycles. The van der Waals surface area contributed by atoms with Crippen LogP contribution < -0.4 is 10.6 Å². The number of carboxylic acids is 1. The monoisotopic (exact) mass is 367 g/mol. The van der Waals surface area contributed by atoms with Crippen molar-refractivity contribution in [2.45, 2.75) is 32.2 Å². The number of urea groups is 1. The lowest BCUT2D eigenvalue weighted by molar-refractivity contribution is -0.147. The molecule has 1 saturated heterocycles. The molecule has 3 amide bonds. The van der Waals surface area contributed by atoms with Crippen molar-refractivity contribution in [3.63, 3.8) is 0 Å². The highest BCUT2D eigenvalue weighted by Crippen LogP contribution is 2.22. The van der Waals surface area contributed by atoms with Crippen molar-refractivity contribution < 1.29 is 19.5 Å². The fourth-order valence-corrected chi connectivity index (χ4v) is 2.96. The van der Waals surface area contributed by atoms with E-state index in [-0.39, 0.29) is 5.91 Å². The van der Waals surface area contributed by atoms with Gasteiger partial charge in [-0.05, 0) is 38.8 Å². The zero-order valence-electron chi connectivity index (χ0n) is 14.2. The summed E-state index contributed by atoms with van der Waals surface area (Å²) in [6, 6.07) is 6.27. The van der Waals surface area contributed by atoms with Gasteiger partial charge in [-0.1, -0.05) is 23.7 Å². The van der Waals surface area contributed by atoms with E-state index < -0.39 is 23.5 Å². The van der Waals surface area contributed by atoms with Crippen molar-refractivity contribution in [1.29, 1.82) is 0 Å². The van der Waals surface area contributed by atoms with Crippen LogP contribution in [0.25, 0.3) is 0 Å². The summed E-state index contributed by atoms with van der Waals surface area (Å²) in [5.74, 6) is -1.49. The van der Waals surface area contributed by atoms with Crippen LogP contribution in [-0.2, 0) is 9.59 Å². The van der Waals surface area contributed by atoms with E-state index in [2.05, 4.69) is 10.6 Å². The number of rotatable bonds is 4. The predicted molar refractivity (Wildman–Crippen MR) is 94.6 cm³/mol. The number of piperidine rings is 1. The number of benzene rings is 1. The molecular formula is C17H22ClN3O4. The topological polar surface area (TPSA) is 98.7 Å². The van der Waals surface area contributed by atoms with Crippen LogP contribution in [0.1, 0.15) is 26.7 Å². The van der Waals surface area contributed by atoms with E-state index in [0.29, 0.717) is 36.6 Å². The lowest BCUT2D eigenvalue weighted by Crippen LogP contribution is -2.58. The molecule has 0 saturated carbocycles. The largest absolute Gasteiger partial charge is 0.481 e. The first-order chi connectivity index (χ1) is 11.7. The van der Waals surface area contributed by atoms with E-state index in [1.54, 1.807) is 43.0 Å². The van der Waals surface area contributed by atoms with Gasteiger partial charge in [-0.15, -0.1) is 0 Å². The number of likely N-dealkylation sites (tertiary alicyclic amines) is 1. The van der Waals surface area contributed by atoms with Gasteiger partial charge in [0.25, 0.3) is 0 Å². The third-order valence-corrected chi connectivity index (χ3v) is 4.54. The quantitative estimate of drug-likeness (QED) is 0.761. The van der Waals surface area contributed by atoms with Crippen LogP contribution in [0.3, 0.4) is 0 Å². The maximum Gasteiger partial charge on any atom is 0.320 e. The molecule has 1 heterocycles. The second-order valence-corrected chi connectivity index (χ2v) is 7.00. The number of aliphatic carboxylic acids is 1. The molecule has 0 bridgehead atoms. The molecule has 7 nitrogen and oxygen atoms in total. The molecule has 25 heavy (non-hydrogen) atoms. The molecule has 3 N–H and O–H groups in total. The maximum atomic E-state index is 12.7. The molecule has 1 aliphatic heterocycles. The van der Waals surface area contributed by atoms with E-state index in [4.69, 9.17) is 16.7 Å². The SMILES string of the molecule is CC(C)(NC(=O)Nc1ccccc1Cl)C(=O)N1CCC(C(=O)O)CC1. The minimum absolute atomic E-state index is 0.245. The molecule has 0 unspecified atom stereocenters. The van der Waals surface area contributed by atoms with Gasteiger partial charge in [0, 0.05) is 13.1 Å². The van der Waals surface area contributed by atoms with Crippen molar-refractivity contribution >= 4 is 35.2 Å². The standard InChI is InChI=1S/C17H22ClN3O4/c1-17(2,15(24)21-9-7-11(8-10-21)14(22)23)20-16(25)19-13-6-4-3-5-12(13)18/h3-6,11H,7-10H2,1-2H3,(H,22,23)(H2,19,20,25). The number of carbonyl (C=O) groups excluding carboxylic acids is 2. The molecule has 0 aliphatic carbocycles. The summed E-state index contributed by atoms with van der Waals surface area (Å²) in [6.45, 7) is 3.97. The van der Waals surface area contributed by atoms with Crippen LogP contribution in [-0.4, -0.2) is 46.5 Å². The number of halogens is 1. The van der Waals surface area contributed by atoms with Gasteiger partial charge in [-0.3, -0.25) is 9.59 Å². The minimum atomic E-state index is -1.12. The Kier molecular flexibility index (Phi) is 5.89. The average molecular weight is 368 g/mol. The van der Waals surface area contributed by atoms with Crippen LogP contribution in [0.2, 0.25) is 5.02 Å². The Hall–Kier alpha value is -2.28. The van der Waals surface area contributed by atoms with Gasteiger partial charge in [0.15, 0.2) is 0 Å². The molecule has 0 atom stereocenters. The summed E-state index contributed by atoms with van der Waals surface area (Å²) in [4.78, 5) is 37.4. The maximum absolute atomic E-state index is 12.7. The molecular weight excluding hydrogens is 346 g/mol. The number of carboxylic acid groups (broad SMARTS) is 1. The molecule has 0 spiro atoms. The highest BCUT2D eigenvalue weighted by Gasteiger charge is 2.36.